The Bertz CT molecular complexity index is 268. The maximum atomic E-state index is 5.69. The SMILES string of the molecule is CC(C)(CS)c1cccc(N)c1. The van der Waals surface area contributed by atoms with Gasteiger partial charge in [0.15, 0.2) is 0 Å². The van der Waals surface area contributed by atoms with Crippen LogP contribution in [0.4, 0.5) is 5.69 Å². The van der Waals surface area contributed by atoms with Crippen molar-refractivity contribution in [2.45, 2.75) is 19.3 Å². The number of hydrogen-bond donors (Lipinski definition) is 2. The van der Waals surface area contributed by atoms with E-state index in [9.17, 15) is 0 Å². The van der Waals surface area contributed by atoms with Crippen LogP contribution in [0.15, 0.2) is 24.3 Å². The van der Waals surface area contributed by atoms with Crippen LogP contribution in [0.1, 0.15) is 19.4 Å². The van der Waals surface area contributed by atoms with Gasteiger partial charge in [0.25, 0.3) is 0 Å². The predicted octanol–water partition coefficient (Wildman–Crippen LogP) is 2.48. The Balaban J connectivity index is 3.03. The van der Waals surface area contributed by atoms with Crippen LogP contribution < -0.4 is 5.73 Å². The quantitative estimate of drug-likeness (QED) is 0.532. The van der Waals surface area contributed by atoms with Gasteiger partial charge >= 0.3 is 0 Å². The molecule has 1 aromatic carbocycles. The van der Waals surface area contributed by atoms with Crippen molar-refractivity contribution in [2.75, 3.05) is 11.5 Å². The normalized spacial score (nSPS) is 11.6. The zero-order valence-corrected chi connectivity index (χ0v) is 8.44. The summed E-state index contributed by atoms with van der Waals surface area (Å²) in [7, 11) is 0. The van der Waals surface area contributed by atoms with E-state index in [1.165, 1.54) is 5.56 Å². The van der Waals surface area contributed by atoms with Crippen molar-refractivity contribution in [1.82, 2.24) is 0 Å². The summed E-state index contributed by atoms with van der Waals surface area (Å²) in [4.78, 5) is 0. The molecule has 0 amide bonds. The second-order valence-electron chi connectivity index (χ2n) is 3.67. The molecule has 0 unspecified atom stereocenters. The van der Waals surface area contributed by atoms with Crippen molar-refractivity contribution in [2.24, 2.45) is 0 Å². The van der Waals surface area contributed by atoms with Crippen LogP contribution in [-0.2, 0) is 5.41 Å². The third kappa shape index (κ3) is 1.95. The topological polar surface area (TPSA) is 26.0 Å². The Kier molecular flexibility index (Phi) is 2.68. The van der Waals surface area contributed by atoms with Gasteiger partial charge in [-0.1, -0.05) is 26.0 Å². The zero-order chi connectivity index (χ0) is 9.19. The first-order chi connectivity index (χ1) is 5.56. The number of nitrogen functional groups attached to an aromatic ring is 1. The second-order valence-corrected chi connectivity index (χ2v) is 3.98. The molecule has 1 aromatic rings. The minimum absolute atomic E-state index is 0.110. The minimum atomic E-state index is 0.110. The Labute approximate surface area is 79.4 Å². The first kappa shape index (κ1) is 9.46. The summed E-state index contributed by atoms with van der Waals surface area (Å²) in [5.74, 6) is 0.830. The molecule has 1 rings (SSSR count). The highest BCUT2D eigenvalue weighted by Crippen LogP contribution is 2.25. The lowest BCUT2D eigenvalue weighted by Gasteiger charge is -2.22. The predicted molar refractivity (Wildman–Crippen MR) is 57.7 cm³/mol. The maximum Gasteiger partial charge on any atom is 0.0316 e. The lowest BCUT2D eigenvalue weighted by molar-refractivity contribution is 0.604. The summed E-state index contributed by atoms with van der Waals surface area (Å²) >= 11 is 4.31. The molecule has 0 aliphatic rings. The molecule has 66 valence electrons. The Hall–Kier alpha value is -0.630. The third-order valence-electron chi connectivity index (χ3n) is 2.06. The first-order valence-electron chi connectivity index (χ1n) is 4.03. The van der Waals surface area contributed by atoms with Gasteiger partial charge in [0.1, 0.15) is 0 Å². The fraction of sp³-hybridized carbons (Fsp3) is 0.400. The third-order valence-corrected chi connectivity index (χ3v) is 2.85. The molecule has 0 bridgehead atoms. The molecule has 0 fully saturated rings. The van der Waals surface area contributed by atoms with E-state index in [0.29, 0.717) is 0 Å². The number of benzene rings is 1. The molecule has 1 nitrogen and oxygen atoms in total. The van der Waals surface area contributed by atoms with Gasteiger partial charge in [-0.3, -0.25) is 0 Å². The van der Waals surface area contributed by atoms with Crippen molar-refractivity contribution in [3.05, 3.63) is 29.8 Å². The van der Waals surface area contributed by atoms with Gasteiger partial charge in [-0.25, -0.2) is 0 Å². The van der Waals surface area contributed by atoms with E-state index in [1.807, 2.05) is 18.2 Å². The van der Waals surface area contributed by atoms with Gasteiger partial charge in [-0.15, -0.1) is 0 Å². The van der Waals surface area contributed by atoms with E-state index in [-0.39, 0.29) is 5.41 Å². The van der Waals surface area contributed by atoms with E-state index in [2.05, 4.69) is 32.5 Å². The van der Waals surface area contributed by atoms with Crippen LogP contribution in [-0.4, -0.2) is 5.75 Å². The van der Waals surface area contributed by atoms with Crippen LogP contribution in [0.5, 0.6) is 0 Å². The first-order valence-corrected chi connectivity index (χ1v) is 4.66. The monoisotopic (exact) mass is 181 g/mol. The van der Waals surface area contributed by atoms with E-state index < -0.39 is 0 Å². The standard InChI is InChI=1S/C10H15NS/c1-10(2,7-12)8-4-3-5-9(11)6-8/h3-6,12H,7,11H2,1-2H3. The lowest BCUT2D eigenvalue weighted by atomic mass is 9.86. The zero-order valence-electron chi connectivity index (χ0n) is 7.54. The van der Waals surface area contributed by atoms with Crippen molar-refractivity contribution in [1.29, 1.82) is 0 Å². The van der Waals surface area contributed by atoms with Gasteiger partial charge in [0.2, 0.25) is 0 Å². The number of thiol groups is 1. The molecular formula is C10H15NS. The van der Waals surface area contributed by atoms with E-state index in [0.717, 1.165) is 11.4 Å². The Morgan fingerprint density at radius 3 is 2.58 bits per heavy atom. The number of rotatable bonds is 2. The van der Waals surface area contributed by atoms with E-state index in [4.69, 9.17) is 5.73 Å². The van der Waals surface area contributed by atoms with Crippen molar-refractivity contribution >= 4 is 18.3 Å². The van der Waals surface area contributed by atoms with Crippen LogP contribution in [0.25, 0.3) is 0 Å². The number of anilines is 1. The molecule has 0 atom stereocenters. The molecule has 0 aliphatic heterocycles. The molecule has 0 heterocycles. The highest BCUT2D eigenvalue weighted by Gasteiger charge is 2.17. The van der Waals surface area contributed by atoms with Crippen molar-refractivity contribution < 1.29 is 0 Å². The van der Waals surface area contributed by atoms with Crippen LogP contribution in [0.2, 0.25) is 0 Å². The van der Waals surface area contributed by atoms with Gasteiger partial charge in [0.05, 0.1) is 0 Å². The summed E-state index contributed by atoms with van der Waals surface area (Å²) in [5.41, 5.74) is 7.86. The molecule has 0 radical (unpaired) electrons. The Morgan fingerprint density at radius 1 is 1.42 bits per heavy atom. The lowest BCUT2D eigenvalue weighted by Crippen LogP contribution is -2.19. The van der Waals surface area contributed by atoms with Gasteiger partial charge in [-0.05, 0) is 28.9 Å². The van der Waals surface area contributed by atoms with Crippen molar-refractivity contribution in [3.8, 4) is 0 Å². The average molecular weight is 181 g/mol. The molecule has 0 spiro atoms. The van der Waals surface area contributed by atoms with Gasteiger partial charge < -0.3 is 5.73 Å². The van der Waals surface area contributed by atoms with Crippen LogP contribution >= 0.6 is 12.6 Å². The highest BCUT2D eigenvalue weighted by atomic mass is 32.1. The smallest absolute Gasteiger partial charge is 0.0316 e. The molecule has 12 heavy (non-hydrogen) atoms. The van der Waals surface area contributed by atoms with Crippen molar-refractivity contribution in [3.63, 3.8) is 0 Å². The van der Waals surface area contributed by atoms with Gasteiger partial charge in [0, 0.05) is 5.69 Å². The number of hydrogen-bond acceptors (Lipinski definition) is 2. The average Bonchev–Trinajstić information content (AvgIpc) is 2.05. The molecule has 0 saturated carbocycles. The largest absolute Gasteiger partial charge is 0.399 e. The summed E-state index contributed by atoms with van der Waals surface area (Å²) in [6.07, 6.45) is 0. The molecule has 0 aliphatic carbocycles. The molecule has 0 saturated heterocycles. The molecule has 0 aromatic heterocycles. The molecular weight excluding hydrogens is 166 g/mol. The second kappa shape index (κ2) is 3.40. The Morgan fingerprint density at radius 2 is 2.08 bits per heavy atom. The van der Waals surface area contributed by atoms with E-state index >= 15 is 0 Å². The van der Waals surface area contributed by atoms with Gasteiger partial charge in [-0.2, -0.15) is 12.6 Å². The highest BCUT2D eigenvalue weighted by molar-refractivity contribution is 7.80. The summed E-state index contributed by atoms with van der Waals surface area (Å²) in [5, 5.41) is 0. The molecule has 2 N–H and O–H groups in total. The summed E-state index contributed by atoms with van der Waals surface area (Å²) in [6, 6.07) is 7.98. The van der Waals surface area contributed by atoms with Crippen LogP contribution in [0, 0.1) is 0 Å². The summed E-state index contributed by atoms with van der Waals surface area (Å²) < 4.78 is 0. The summed E-state index contributed by atoms with van der Waals surface area (Å²) in [6.45, 7) is 4.32. The maximum absolute atomic E-state index is 5.69. The van der Waals surface area contributed by atoms with Crippen LogP contribution in [0.3, 0.4) is 0 Å². The minimum Gasteiger partial charge on any atom is -0.399 e. The molecule has 2 heteroatoms. The fourth-order valence-electron chi connectivity index (χ4n) is 1.05. The van der Waals surface area contributed by atoms with E-state index in [1.54, 1.807) is 0 Å². The number of nitrogens with two attached hydrogens (primary N) is 1. The fourth-order valence-corrected chi connectivity index (χ4v) is 1.23.